The summed E-state index contributed by atoms with van der Waals surface area (Å²) in [5, 5.41) is 5.36. The van der Waals surface area contributed by atoms with Gasteiger partial charge in [-0.1, -0.05) is 23.2 Å². The molecule has 0 saturated heterocycles. The normalized spacial score (nSPS) is 10.9. The van der Waals surface area contributed by atoms with E-state index in [4.69, 9.17) is 37.4 Å². The maximum atomic E-state index is 12.1. The molecule has 0 unspecified atom stereocenters. The fourth-order valence-corrected chi connectivity index (χ4v) is 3.61. The van der Waals surface area contributed by atoms with Crippen LogP contribution in [0.4, 0.5) is 0 Å². The summed E-state index contributed by atoms with van der Waals surface area (Å²) in [5.41, 5.74) is 6.83. The monoisotopic (exact) mass is 500 g/mol. The molecule has 3 aromatic carbocycles. The van der Waals surface area contributed by atoms with Crippen LogP contribution in [0.5, 0.6) is 17.2 Å². The van der Waals surface area contributed by atoms with E-state index in [2.05, 4.69) is 10.5 Å². The predicted molar refractivity (Wildman–Crippen MR) is 136 cm³/mol. The van der Waals surface area contributed by atoms with Crippen LogP contribution >= 0.6 is 23.2 Å². The zero-order valence-corrected chi connectivity index (χ0v) is 21.0. The Labute approximate surface area is 209 Å². The van der Waals surface area contributed by atoms with Crippen LogP contribution in [0, 0.1) is 20.8 Å². The number of hydrogen-bond donors (Lipinski definition) is 1. The number of methoxy groups -OCH3 is 1. The van der Waals surface area contributed by atoms with Crippen molar-refractivity contribution in [3.05, 3.63) is 86.4 Å². The Kier molecular flexibility index (Phi) is 8.79. The molecule has 0 fully saturated rings. The van der Waals surface area contributed by atoms with E-state index in [0.29, 0.717) is 23.1 Å². The van der Waals surface area contributed by atoms with Crippen LogP contribution in [-0.2, 0) is 11.4 Å². The summed E-state index contributed by atoms with van der Waals surface area (Å²) in [7, 11) is 1.60. The second kappa shape index (κ2) is 11.8. The van der Waals surface area contributed by atoms with E-state index in [1.54, 1.807) is 31.5 Å². The van der Waals surface area contributed by atoms with Crippen molar-refractivity contribution in [2.45, 2.75) is 27.4 Å². The van der Waals surface area contributed by atoms with Crippen LogP contribution in [0.15, 0.2) is 53.6 Å². The van der Waals surface area contributed by atoms with Crippen LogP contribution in [0.2, 0.25) is 10.0 Å². The Balaban J connectivity index is 1.59. The first-order valence-electron chi connectivity index (χ1n) is 10.5. The highest BCUT2D eigenvalue weighted by molar-refractivity contribution is 6.32. The third-order valence-corrected chi connectivity index (χ3v) is 5.84. The average Bonchev–Trinajstić information content (AvgIpc) is 2.80. The van der Waals surface area contributed by atoms with Crippen molar-refractivity contribution in [1.82, 2.24) is 5.43 Å². The third kappa shape index (κ3) is 6.89. The molecule has 0 aliphatic heterocycles. The van der Waals surface area contributed by atoms with Gasteiger partial charge in [-0.25, -0.2) is 5.43 Å². The van der Waals surface area contributed by atoms with Gasteiger partial charge in [-0.2, -0.15) is 5.10 Å². The lowest BCUT2D eigenvalue weighted by Crippen LogP contribution is -2.24. The molecule has 0 spiro atoms. The second-order valence-corrected chi connectivity index (χ2v) is 8.54. The van der Waals surface area contributed by atoms with Crippen molar-refractivity contribution < 1.29 is 19.0 Å². The standard InChI is InChI=1S/C26H26Cl2N2O4/c1-16-9-21(27)6-8-23(16)34-15-25(31)30-29-13-19-5-7-24(32-4)20(12-19)14-33-22-10-17(2)26(28)18(3)11-22/h5-13H,14-15H2,1-4H3,(H,30,31). The van der Waals surface area contributed by atoms with Gasteiger partial charge in [0.2, 0.25) is 0 Å². The van der Waals surface area contributed by atoms with Gasteiger partial charge in [-0.3, -0.25) is 4.79 Å². The molecule has 0 atom stereocenters. The fraction of sp³-hybridized carbons (Fsp3) is 0.231. The Morgan fingerprint density at radius 2 is 1.65 bits per heavy atom. The summed E-state index contributed by atoms with van der Waals surface area (Å²) in [6, 6.07) is 14.5. The first-order chi connectivity index (χ1) is 16.3. The van der Waals surface area contributed by atoms with E-state index in [-0.39, 0.29) is 12.5 Å². The number of hydrogen-bond acceptors (Lipinski definition) is 5. The van der Waals surface area contributed by atoms with E-state index >= 15 is 0 Å². The molecule has 178 valence electrons. The second-order valence-electron chi connectivity index (χ2n) is 7.72. The van der Waals surface area contributed by atoms with Gasteiger partial charge in [0.15, 0.2) is 6.61 Å². The Hall–Kier alpha value is -3.22. The van der Waals surface area contributed by atoms with E-state index in [1.165, 1.54) is 0 Å². The fourth-order valence-electron chi connectivity index (χ4n) is 3.27. The summed E-state index contributed by atoms with van der Waals surface area (Å²) in [5.74, 6) is 1.63. The van der Waals surface area contributed by atoms with Crippen LogP contribution in [0.25, 0.3) is 0 Å². The molecule has 1 N–H and O–H groups in total. The average molecular weight is 501 g/mol. The van der Waals surface area contributed by atoms with E-state index < -0.39 is 0 Å². The molecule has 3 aromatic rings. The van der Waals surface area contributed by atoms with Crippen molar-refractivity contribution in [1.29, 1.82) is 0 Å². The molecular weight excluding hydrogens is 475 g/mol. The van der Waals surface area contributed by atoms with Gasteiger partial charge in [0.1, 0.15) is 23.9 Å². The number of halogens is 2. The largest absolute Gasteiger partial charge is 0.496 e. The number of nitrogens with one attached hydrogen (secondary N) is 1. The molecule has 0 aromatic heterocycles. The Morgan fingerprint density at radius 1 is 0.941 bits per heavy atom. The number of benzene rings is 3. The lowest BCUT2D eigenvalue weighted by Gasteiger charge is -2.13. The highest BCUT2D eigenvalue weighted by Crippen LogP contribution is 2.28. The van der Waals surface area contributed by atoms with E-state index in [1.807, 2.05) is 51.1 Å². The molecule has 0 saturated carbocycles. The topological polar surface area (TPSA) is 69.2 Å². The zero-order chi connectivity index (χ0) is 24.7. The van der Waals surface area contributed by atoms with Crippen molar-refractivity contribution in [3.8, 4) is 17.2 Å². The molecule has 0 bridgehead atoms. The number of aryl methyl sites for hydroxylation is 3. The first kappa shape index (κ1) is 25.4. The Morgan fingerprint density at radius 3 is 2.32 bits per heavy atom. The van der Waals surface area contributed by atoms with Crippen molar-refractivity contribution >= 4 is 35.3 Å². The molecule has 0 heterocycles. The van der Waals surface area contributed by atoms with Gasteiger partial charge in [-0.15, -0.1) is 0 Å². The minimum Gasteiger partial charge on any atom is -0.496 e. The summed E-state index contributed by atoms with van der Waals surface area (Å²) >= 11 is 12.2. The van der Waals surface area contributed by atoms with Gasteiger partial charge in [-0.05, 0) is 91.6 Å². The summed E-state index contributed by atoms with van der Waals surface area (Å²) in [6.07, 6.45) is 1.55. The summed E-state index contributed by atoms with van der Waals surface area (Å²) in [6.45, 7) is 5.87. The first-order valence-corrected chi connectivity index (χ1v) is 11.3. The lowest BCUT2D eigenvalue weighted by atomic mass is 10.1. The number of ether oxygens (including phenoxy) is 3. The van der Waals surface area contributed by atoms with E-state index in [0.717, 1.165) is 38.6 Å². The van der Waals surface area contributed by atoms with Gasteiger partial charge >= 0.3 is 0 Å². The molecular formula is C26H26Cl2N2O4. The molecule has 3 rings (SSSR count). The Bertz CT molecular complexity index is 1190. The number of hydrazone groups is 1. The summed E-state index contributed by atoms with van der Waals surface area (Å²) < 4.78 is 16.9. The smallest absolute Gasteiger partial charge is 0.277 e. The van der Waals surface area contributed by atoms with Crippen LogP contribution in [0.1, 0.15) is 27.8 Å². The zero-order valence-electron chi connectivity index (χ0n) is 19.4. The molecule has 0 aliphatic carbocycles. The number of carbonyl (C=O) groups is 1. The van der Waals surface area contributed by atoms with Gasteiger partial charge in [0.25, 0.3) is 5.91 Å². The van der Waals surface area contributed by atoms with Crippen LogP contribution in [0.3, 0.4) is 0 Å². The van der Waals surface area contributed by atoms with Crippen LogP contribution < -0.4 is 19.6 Å². The summed E-state index contributed by atoms with van der Waals surface area (Å²) in [4.78, 5) is 12.1. The molecule has 34 heavy (non-hydrogen) atoms. The van der Waals surface area contributed by atoms with Crippen molar-refractivity contribution in [3.63, 3.8) is 0 Å². The van der Waals surface area contributed by atoms with E-state index in [9.17, 15) is 4.79 Å². The molecule has 6 nitrogen and oxygen atoms in total. The molecule has 8 heteroatoms. The van der Waals surface area contributed by atoms with Crippen LogP contribution in [-0.4, -0.2) is 25.8 Å². The van der Waals surface area contributed by atoms with Gasteiger partial charge < -0.3 is 14.2 Å². The van der Waals surface area contributed by atoms with Gasteiger partial charge in [0, 0.05) is 15.6 Å². The lowest BCUT2D eigenvalue weighted by molar-refractivity contribution is -0.123. The maximum absolute atomic E-state index is 12.1. The quantitative estimate of drug-likeness (QED) is 0.287. The number of carbonyl (C=O) groups excluding carboxylic acids is 1. The van der Waals surface area contributed by atoms with Crippen molar-refractivity contribution in [2.24, 2.45) is 5.10 Å². The molecule has 0 radical (unpaired) electrons. The SMILES string of the molecule is COc1ccc(C=NNC(=O)COc2ccc(Cl)cc2C)cc1COc1cc(C)c(Cl)c(C)c1. The highest BCUT2D eigenvalue weighted by Gasteiger charge is 2.08. The van der Waals surface area contributed by atoms with Gasteiger partial charge in [0.05, 0.1) is 13.3 Å². The number of rotatable bonds is 9. The highest BCUT2D eigenvalue weighted by atomic mass is 35.5. The minimum absolute atomic E-state index is 0.165. The molecule has 0 aliphatic rings. The number of nitrogens with zero attached hydrogens (tertiary/aromatic N) is 1. The number of amides is 1. The predicted octanol–water partition coefficient (Wildman–Crippen LogP) is 6.04. The maximum Gasteiger partial charge on any atom is 0.277 e. The third-order valence-electron chi connectivity index (χ3n) is 5.01. The van der Waals surface area contributed by atoms with Crippen molar-refractivity contribution in [2.75, 3.05) is 13.7 Å². The molecule has 1 amide bonds. The minimum atomic E-state index is -0.379.